The summed E-state index contributed by atoms with van der Waals surface area (Å²) in [6.45, 7) is -3.27. The molecule has 0 heterocycles. The Labute approximate surface area is 139 Å². The van der Waals surface area contributed by atoms with Crippen LogP contribution in [0.25, 0.3) is 0 Å². The second kappa shape index (κ2) is 7.14. The fourth-order valence-corrected chi connectivity index (χ4v) is 1.43. The van der Waals surface area contributed by atoms with Gasteiger partial charge in [-0.25, -0.2) is 0 Å². The molecule has 0 saturated carbocycles. The molecule has 0 aliphatic carbocycles. The van der Waals surface area contributed by atoms with Gasteiger partial charge in [-0.05, 0) is 0 Å². The summed E-state index contributed by atoms with van der Waals surface area (Å²) in [6.07, 6.45) is -11.6. The van der Waals surface area contributed by atoms with Gasteiger partial charge in [-0.1, -0.05) is 0 Å². The second-order valence-corrected chi connectivity index (χ2v) is 4.96. The monoisotopic (exact) mass is 437 g/mol. The quantitative estimate of drug-likeness (QED) is 0.486. The Morgan fingerprint density at radius 1 is 0.741 bits per heavy atom. The summed E-state index contributed by atoms with van der Waals surface area (Å²) in [5, 5.41) is 18.1. The summed E-state index contributed by atoms with van der Waals surface area (Å²) >= 11 is 0. The van der Waals surface area contributed by atoms with Crippen molar-refractivity contribution < 1.29 is 72.1 Å². The van der Waals surface area contributed by atoms with E-state index in [4.69, 9.17) is 10.2 Å². The number of carboxylic acids is 1. The summed E-state index contributed by atoms with van der Waals surface area (Å²) in [4.78, 5) is 10.0. The second-order valence-electron chi connectivity index (χ2n) is 4.96. The molecule has 0 fully saturated rings. The fraction of sp³-hybridized carbons (Fsp3) is 0.900. The SMILES string of the molecule is O=C(O)CNC[C@@H](O)C(F)(F)C(F)(F)C(F)(F)C(F)(F)C(F)(F)C(F)(F)F. The van der Waals surface area contributed by atoms with Gasteiger partial charge in [0.1, 0.15) is 6.10 Å². The first-order valence-corrected chi connectivity index (χ1v) is 6.15. The standard InChI is InChI=1S/C10H8F13NO3/c11-5(12,3(25)1-24-2-4(26)27)6(13,14)7(15,16)8(17,18)9(19,20)10(21,22)23/h3,24-25H,1-2H2,(H,26,27)/t3-/m1/s1. The van der Waals surface area contributed by atoms with Gasteiger partial charge < -0.3 is 15.5 Å². The molecule has 4 nitrogen and oxygen atoms in total. The predicted octanol–water partition coefficient (Wildman–Crippen LogP) is 2.76. The highest BCUT2D eigenvalue weighted by Gasteiger charge is 2.91. The van der Waals surface area contributed by atoms with Crippen molar-refractivity contribution in [3.05, 3.63) is 0 Å². The van der Waals surface area contributed by atoms with Crippen LogP contribution in [0, 0.1) is 0 Å². The van der Waals surface area contributed by atoms with E-state index in [-0.39, 0.29) is 0 Å². The van der Waals surface area contributed by atoms with Gasteiger partial charge in [0.05, 0.1) is 6.54 Å². The van der Waals surface area contributed by atoms with E-state index in [9.17, 15) is 61.9 Å². The van der Waals surface area contributed by atoms with Crippen LogP contribution < -0.4 is 5.32 Å². The summed E-state index contributed by atoms with van der Waals surface area (Å²) in [6, 6.07) is 0. The normalized spacial score (nSPS) is 16.4. The number of halogens is 13. The Bertz CT molecular complexity index is 545. The van der Waals surface area contributed by atoms with Gasteiger partial charge in [-0.15, -0.1) is 0 Å². The Balaban J connectivity index is 5.97. The Hall–Kier alpha value is -1.52. The van der Waals surface area contributed by atoms with E-state index in [0.29, 0.717) is 0 Å². The number of hydrogen-bond acceptors (Lipinski definition) is 3. The zero-order valence-electron chi connectivity index (χ0n) is 12.2. The van der Waals surface area contributed by atoms with Crippen LogP contribution in [0.3, 0.4) is 0 Å². The van der Waals surface area contributed by atoms with Crippen molar-refractivity contribution in [3.8, 4) is 0 Å². The molecule has 0 aliphatic heterocycles. The molecule has 27 heavy (non-hydrogen) atoms. The highest BCUT2D eigenvalue weighted by Crippen LogP contribution is 2.60. The lowest BCUT2D eigenvalue weighted by Crippen LogP contribution is -2.72. The maximum Gasteiger partial charge on any atom is 0.460 e. The summed E-state index contributed by atoms with van der Waals surface area (Å²) < 4.78 is 166. The first-order valence-electron chi connectivity index (χ1n) is 6.15. The van der Waals surface area contributed by atoms with Crippen LogP contribution in [0.2, 0.25) is 0 Å². The molecule has 0 radical (unpaired) electrons. The van der Waals surface area contributed by atoms with Crippen LogP contribution in [0.4, 0.5) is 57.1 Å². The van der Waals surface area contributed by atoms with Crippen LogP contribution in [-0.4, -0.2) is 71.2 Å². The number of aliphatic hydroxyl groups is 1. The van der Waals surface area contributed by atoms with Gasteiger partial charge in [-0.3, -0.25) is 4.79 Å². The Kier molecular flexibility index (Phi) is 6.74. The molecular weight excluding hydrogens is 429 g/mol. The van der Waals surface area contributed by atoms with E-state index < -0.39 is 61.0 Å². The molecular formula is C10H8F13NO3. The minimum Gasteiger partial charge on any atom is -0.480 e. The van der Waals surface area contributed by atoms with Crippen molar-refractivity contribution >= 4 is 5.97 Å². The van der Waals surface area contributed by atoms with Crippen molar-refractivity contribution in [3.63, 3.8) is 0 Å². The Morgan fingerprint density at radius 3 is 1.44 bits per heavy atom. The smallest absolute Gasteiger partial charge is 0.460 e. The van der Waals surface area contributed by atoms with E-state index in [1.165, 1.54) is 5.32 Å². The third kappa shape index (κ3) is 4.02. The molecule has 0 aliphatic rings. The lowest BCUT2D eigenvalue weighted by atomic mass is 9.91. The largest absolute Gasteiger partial charge is 0.480 e. The minimum absolute atomic E-state index is 1.28. The molecule has 0 amide bonds. The van der Waals surface area contributed by atoms with Crippen molar-refractivity contribution in [2.45, 2.75) is 41.9 Å². The van der Waals surface area contributed by atoms with E-state index in [2.05, 4.69) is 0 Å². The zero-order valence-corrected chi connectivity index (χ0v) is 12.2. The van der Waals surface area contributed by atoms with Gasteiger partial charge in [0, 0.05) is 6.54 Å². The van der Waals surface area contributed by atoms with Gasteiger partial charge in [0.25, 0.3) is 0 Å². The molecule has 3 N–H and O–H groups in total. The summed E-state index contributed by atoms with van der Waals surface area (Å²) in [7, 11) is 0. The van der Waals surface area contributed by atoms with E-state index in [0.717, 1.165) is 0 Å². The molecule has 1 atom stereocenters. The molecule has 17 heteroatoms. The zero-order chi connectivity index (χ0) is 22.3. The lowest BCUT2D eigenvalue weighted by Gasteiger charge is -2.40. The van der Waals surface area contributed by atoms with Gasteiger partial charge in [0.2, 0.25) is 0 Å². The highest BCUT2D eigenvalue weighted by atomic mass is 19.4. The first-order chi connectivity index (χ1) is 11.6. The Morgan fingerprint density at radius 2 is 1.11 bits per heavy atom. The van der Waals surface area contributed by atoms with Gasteiger partial charge in [-0.2, -0.15) is 57.1 Å². The maximum absolute atomic E-state index is 13.3. The molecule has 0 saturated heterocycles. The van der Waals surface area contributed by atoms with Gasteiger partial charge >= 0.3 is 41.8 Å². The van der Waals surface area contributed by atoms with Crippen molar-refractivity contribution in [2.75, 3.05) is 13.1 Å². The third-order valence-corrected chi connectivity index (χ3v) is 2.99. The molecule has 0 unspecified atom stereocenters. The van der Waals surface area contributed by atoms with Crippen LogP contribution in [0.1, 0.15) is 0 Å². The number of alkyl halides is 13. The molecule has 162 valence electrons. The van der Waals surface area contributed by atoms with Crippen LogP contribution in [0.15, 0.2) is 0 Å². The van der Waals surface area contributed by atoms with Crippen LogP contribution >= 0.6 is 0 Å². The molecule has 0 spiro atoms. The molecule has 0 aromatic rings. The van der Waals surface area contributed by atoms with Crippen molar-refractivity contribution in [1.29, 1.82) is 0 Å². The van der Waals surface area contributed by atoms with Crippen molar-refractivity contribution in [1.82, 2.24) is 5.32 Å². The topological polar surface area (TPSA) is 69.6 Å². The minimum atomic E-state index is -8.06. The third-order valence-electron chi connectivity index (χ3n) is 2.99. The fourth-order valence-electron chi connectivity index (χ4n) is 1.43. The number of aliphatic carboxylic acids is 1. The number of aliphatic hydroxyl groups excluding tert-OH is 1. The molecule has 0 rings (SSSR count). The number of nitrogens with one attached hydrogen (secondary N) is 1. The summed E-state index contributed by atoms with van der Waals surface area (Å²) in [5.74, 6) is -40.1. The summed E-state index contributed by atoms with van der Waals surface area (Å²) in [5.41, 5.74) is 0. The highest BCUT2D eigenvalue weighted by molar-refractivity contribution is 5.68. The van der Waals surface area contributed by atoms with E-state index >= 15 is 0 Å². The van der Waals surface area contributed by atoms with Crippen molar-refractivity contribution in [2.24, 2.45) is 0 Å². The number of carbonyl (C=O) groups is 1. The van der Waals surface area contributed by atoms with E-state index in [1.807, 2.05) is 0 Å². The number of rotatable bonds is 9. The predicted molar refractivity (Wildman–Crippen MR) is 57.3 cm³/mol. The molecule has 0 aromatic carbocycles. The number of hydrogen-bond donors (Lipinski definition) is 3. The maximum atomic E-state index is 13.3. The number of carboxylic acid groups (broad SMARTS) is 1. The van der Waals surface area contributed by atoms with Crippen LogP contribution in [0.5, 0.6) is 0 Å². The van der Waals surface area contributed by atoms with Crippen LogP contribution in [-0.2, 0) is 4.79 Å². The average Bonchev–Trinajstić information content (AvgIpc) is 2.44. The van der Waals surface area contributed by atoms with E-state index in [1.54, 1.807) is 0 Å². The average molecular weight is 437 g/mol. The lowest BCUT2D eigenvalue weighted by molar-refractivity contribution is -0.444. The first kappa shape index (κ1) is 25.5. The molecule has 0 bridgehead atoms. The molecule has 0 aromatic heterocycles. The van der Waals surface area contributed by atoms with Gasteiger partial charge in [0.15, 0.2) is 0 Å².